The highest BCUT2D eigenvalue weighted by atomic mass is 16.5. The number of rotatable bonds is 0. The van der Waals surface area contributed by atoms with E-state index in [0.29, 0.717) is 6.61 Å². The van der Waals surface area contributed by atoms with Crippen molar-refractivity contribution in [2.75, 3.05) is 6.61 Å². The molecule has 0 N–H and O–H groups in total. The van der Waals surface area contributed by atoms with Gasteiger partial charge in [0.25, 0.3) is 0 Å². The first kappa shape index (κ1) is 6.62. The van der Waals surface area contributed by atoms with Crippen LogP contribution in [-0.2, 0) is 9.47 Å². The lowest BCUT2D eigenvalue weighted by atomic mass is 10.4. The van der Waals surface area contributed by atoms with Crippen LogP contribution >= 0.6 is 0 Å². The van der Waals surface area contributed by atoms with Crippen LogP contribution in [0.1, 0.15) is 13.8 Å². The van der Waals surface area contributed by atoms with E-state index in [4.69, 9.17) is 9.47 Å². The zero-order valence-corrected chi connectivity index (χ0v) is 5.83. The van der Waals surface area contributed by atoms with Gasteiger partial charge in [0.15, 0.2) is 0 Å². The lowest BCUT2D eigenvalue weighted by Gasteiger charge is -2.08. The summed E-state index contributed by atoms with van der Waals surface area (Å²) >= 11 is 0. The first-order chi connectivity index (χ1) is 4.29. The van der Waals surface area contributed by atoms with Crippen LogP contribution in [0.5, 0.6) is 0 Å². The van der Waals surface area contributed by atoms with Crippen molar-refractivity contribution in [2.24, 2.45) is 0 Å². The second kappa shape index (κ2) is 2.87. The molecule has 2 nitrogen and oxygen atoms in total. The van der Waals surface area contributed by atoms with Crippen molar-refractivity contribution >= 4 is 0 Å². The molecule has 2 atom stereocenters. The third-order valence-corrected chi connectivity index (χ3v) is 1.25. The average Bonchev–Trinajstić information content (AvgIpc) is 1.97. The molecule has 1 aliphatic heterocycles. The lowest BCUT2D eigenvalue weighted by molar-refractivity contribution is 0.0342. The molecule has 0 saturated heterocycles. The van der Waals surface area contributed by atoms with Gasteiger partial charge in [0.05, 0.1) is 19.0 Å². The van der Waals surface area contributed by atoms with Crippen molar-refractivity contribution < 1.29 is 9.47 Å². The maximum Gasteiger partial charge on any atom is 0.118 e. The molecule has 0 radical (unpaired) electrons. The fraction of sp³-hybridized carbons (Fsp3) is 0.714. The average molecular weight is 128 g/mol. The standard InChI is InChI=1S/C7H12O2/c1-6-3-4-8-7(2)5-9-6/h3-4,6-7H,5H2,1-2H3. The van der Waals surface area contributed by atoms with E-state index in [0.717, 1.165) is 0 Å². The quantitative estimate of drug-likeness (QED) is 0.490. The van der Waals surface area contributed by atoms with Crippen LogP contribution in [0.2, 0.25) is 0 Å². The minimum absolute atomic E-state index is 0.200. The maximum atomic E-state index is 5.30. The molecule has 0 amide bonds. The Balaban J connectivity index is 2.39. The molecule has 1 rings (SSSR count). The Morgan fingerprint density at radius 2 is 2.22 bits per heavy atom. The van der Waals surface area contributed by atoms with Crippen molar-refractivity contribution in [3.63, 3.8) is 0 Å². The van der Waals surface area contributed by atoms with Gasteiger partial charge in [-0.3, -0.25) is 0 Å². The van der Waals surface area contributed by atoms with E-state index in [-0.39, 0.29) is 12.2 Å². The van der Waals surface area contributed by atoms with Crippen LogP contribution in [0.3, 0.4) is 0 Å². The molecule has 52 valence electrons. The van der Waals surface area contributed by atoms with E-state index >= 15 is 0 Å². The zero-order chi connectivity index (χ0) is 6.69. The van der Waals surface area contributed by atoms with Gasteiger partial charge >= 0.3 is 0 Å². The van der Waals surface area contributed by atoms with Crippen LogP contribution in [0.25, 0.3) is 0 Å². The van der Waals surface area contributed by atoms with Crippen molar-refractivity contribution in [1.29, 1.82) is 0 Å². The normalized spacial score (nSPS) is 35.3. The molecule has 0 saturated carbocycles. The SMILES string of the molecule is CC1C=COC(C)CO1. The van der Waals surface area contributed by atoms with Crippen molar-refractivity contribution in [3.05, 3.63) is 12.3 Å². The summed E-state index contributed by atoms with van der Waals surface area (Å²) in [5, 5.41) is 0. The van der Waals surface area contributed by atoms with Gasteiger partial charge in [0.1, 0.15) is 6.10 Å². The van der Waals surface area contributed by atoms with E-state index in [1.165, 1.54) is 0 Å². The second-order valence-corrected chi connectivity index (χ2v) is 2.31. The first-order valence-electron chi connectivity index (χ1n) is 3.23. The Kier molecular flexibility index (Phi) is 2.11. The third kappa shape index (κ3) is 2.06. The molecule has 9 heavy (non-hydrogen) atoms. The molecule has 0 spiro atoms. The summed E-state index contributed by atoms with van der Waals surface area (Å²) < 4.78 is 10.5. The summed E-state index contributed by atoms with van der Waals surface area (Å²) in [5.41, 5.74) is 0. The van der Waals surface area contributed by atoms with Crippen LogP contribution in [0.4, 0.5) is 0 Å². The Morgan fingerprint density at radius 1 is 1.44 bits per heavy atom. The van der Waals surface area contributed by atoms with E-state index in [1.54, 1.807) is 6.26 Å². The molecule has 0 aromatic heterocycles. The summed E-state index contributed by atoms with van der Waals surface area (Å²) in [7, 11) is 0. The molecule has 0 aliphatic carbocycles. The molecule has 0 fully saturated rings. The Bertz CT molecular complexity index is 109. The highest BCUT2D eigenvalue weighted by Gasteiger charge is 2.06. The molecule has 2 heteroatoms. The predicted octanol–water partition coefficient (Wildman–Crippen LogP) is 1.32. The first-order valence-corrected chi connectivity index (χ1v) is 3.23. The fourth-order valence-corrected chi connectivity index (χ4v) is 0.672. The van der Waals surface area contributed by atoms with E-state index in [1.807, 2.05) is 19.9 Å². The van der Waals surface area contributed by atoms with E-state index in [9.17, 15) is 0 Å². The van der Waals surface area contributed by atoms with Crippen molar-refractivity contribution in [1.82, 2.24) is 0 Å². The van der Waals surface area contributed by atoms with Gasteiger partial charge < -0.3 is 9.47 Å². The summed E-state index contributed by atoms with van der Waals surface area (Å²) in [6.45, 7) is 4.68. The summed E-state index contributed by atoms with van der Waals surface area (Å²) in [6.07, 6.45) is 4.02. The summed E-state index contributed by atoms with van der Waals surface area (Å²) in [4.78, 5) is 0. The minimum Gasteiger partial charge on any atom is -0.496 e. The molecule has 2 unspecified atom stereocenters. The highest BCUT2D eigenvalue weighted by Crippen LogP contribution is 2.03. The van der Waals surface area contributed by atoms with E-state index < -0.39 is 0 Å². The monoisotopic (exact) mass is 128 g/mol. The van der Waals surface area contributed by atoms with Gasteiger partial charge in [0, 0.05) is 0 Å². The second-order valence-electron chi connectivity index (χ2n) is 2.31. The molecular weight excluding hydrogens is 116 g/mol. The smallest absolute Gasteiger partial charge is 0.118 e. The van der Waals surface area contributed by atoms with Gasteiger partial charge in [-0.2, -0.15) is 0 Å². The van der Waals surface area contributed by atoms with Crippen molar-refractivity contribution in [2.45, 2.75) is 26.1 Å². The van der Waals surface area contributed by atoms with Crippen LogP contribution in [0.15, 0.2) is 12.3 Å². The predicted molar refractivity (Wildman–Crippen MR) is 35.1 cm³/mol. The maximum absolute atomic E-state index is 5.30. The van der Waals surface area contributed by atoms with Gasteiger partial charge in [-0.15, -0.1) is 0 Å². The zero-order valence-electron chi connectivity index (χ0n) is 5.83. The van der Waals surface area contributed by atoms with Gasteiger partial charge in [-0.1, -0.05) is 0 Å². The van der Waals surface area contributed by atoms with Crippen LogP contribution in [-0.4, -0.2) is 18.8 Å². The fourth-order valence-electron chi connectivity index (χ4n) is 0.672. The molecular formula is C7H12O2. The lowest BCUT2D eigenvalue weighted by Crippen LogP contribution is -2.13. The van der Waals surface area contributed by atoms with Gasteiger partial charge in [-0.05, 0) is 19.9 Å². The number of hydrogen-bond donors (Lipinski definition) is 0. The molecule has 0 aromatic rings. The molecule has 0 bridgehead atoms. The molecule has 1 aliphatic rings. The number of ether oxygens (including phenoxy) is 2. The highest BCUT2D eigenvalue weighted by molar-refractivity contribution is 4.83. The molecule has 0 aromatic carbocycles. The summed E-state index contributed by atoms with van der Waals surface area (Å²) in [6, 6.07) is 0. The Hall–Kier alpha value is -0.500. The van der Waals surface area contributed by atoms with Gasteiger partial charge in [0.2, 0.25) is 0 Å². The van der Waals surface area contributed by atoms with Crippen molar-refractivity contribution in [3.8, 4) is 0 Å². The minimum atomic E-state index is 0.200. The molecule has 1 heterocycles. The summed E-state index contributed by atoms with van der Waals surface area (Å²) in [5.74, 6) is 0. The largest absolute Gasteiger partial charge is 0.496 e. The Labute approximate surface area is 55.5 Å². The van der Waals surface area contributed by atoms with Crippen LogP contribution < -0.4 is 0 Å². The Morgan fingerprint density at radius 3 is 3.00 bits per heavy atom. The number of hydrogen-bond acceptors (Lipinski definition) is 2. The van der Waals surface area contributed by atoms with Crippen LogP contribution in [0, 0.1) is 0 Å². The topological polar surface area (TPSA) is 18.5 Å². The van der Waals surface area contributed by atoms with E-state index in [2.05, 4.69) is 0 Å². The third-order valence-electron chi connectivity index (χ3n) is 1.25. The van der Waals surface area contributed by atoms with Gasteiger partial charge in [-0.25, -0.2) is 0 Å².